The van der Waals surface area contributed by atoms with E-state index in [0.29, 0.717) is 11.3 Å². The van der Waals surface area contributed by atoms with Gasteiger partial charge in [-0.25, -0.2) is 4.79 Å². The average molecular weight is 222 g/mol. The van der Waals surface area contributed by atoms with Crippen molar-refractivity contribution in [3.63, 3.8) is 0 Å². The van der Waals surface area contributed by atoms with E-state index in [1.165, 1.54) is 7.11 Å². The quantitative estimate of drug-likeness (QED) is 0.729. The molecule has 0 unspecified atom stereocenters. The zero-order chi connectivity index (χ0) is 10.8. The number of ether oxygens (including phenoxy) is 1. The van der Waals surface area contributed by atoms with Crippen LogP contribution in [-0.4, -0.2) is 22.9 Å². The molecule has 0 fully saturated rings. The van der Waals surface area contributed by atoms with E-state index < -0.39 is 0 Å². The highest BCUT2D eigenvalue weighted by molar-refractivity contribution is 7.13. The Hall–Kier alpha value is -1.62. The Morgan fingerprint density at radius 1 is 1.60 bits per heavy atom. The molecule has 0 aliphatic rings. The van der Waals surface area contributed by atoms with Crippen molar-refractivity contribution < 1.29 is 9.53 Å². The lowest BCUT2D eigenvalue weighted by Crippen LogP contribution is -2.00. The Labute approximate surface area is 91.1 Å². The normalized spacial score (nSPS) is 10.3. The van der Waals surface area contributed by atoms with Crippen molar-refractivity contribution in [3.8, 4) is 10.6 Å². The van der Waals surface area contributed by atoms with Crippen molar-refractivity contribution in [2.45, 2.75) is 0 Å². The van der Waals surface area contributed by atoms with Gasteiger partial charge in [0.1, 0.15) is 11.3 Å². The standard InChI is InChI=1S/C10H10N2O2S/c1-12-6-7(10(13)14-2)9(11-12)8-4-3-5-15-8/h3-6H,1-2H3. The lowest BCUT2D eigenvalue weighted by atomic mass is 10.2. The number of carbonyl (C=O) groups excluding carboxylic acids is 1. The maximum absolute atomic E-state index is 11.5. The molecular formula is C10H10N2O2S. The summed E-state index contributed by atoms with van der Waals surface area (Å²) in [6, 6.07) is 3.86. The number of hydrogen-bond donors (Lipinski definition) is 0. The van der Waals surface area contributed by atoms with Crippen molar-refractivity contribution in [2.24, 2.45) is 7.05 Å². The van der Waals surface area contributed by atoms with Gasteiger partial charge >= 0.3 is 5.97 Å². The largest absolute Gasteiger partial charge is 0.465 e. The van der Waals surface area contributed by atoms with E-state index in [-0.39, 0.29) is 5.97 Å². The Balaban J connectivity index is 2.52. The van der Waals surface area contributed by atoms with Crippen molar-refractivity contribution in [1.82, 2.24) is 9.78 Å². The number of thiophene rings is 1. The monoisotopic (exact) mass is 222 g/mol. The van der Waals surface area contributed by atoms with E-state index in [1.807, 2.05) is 17.5 Å². The highest BCUT2D eigenvalue weighted by Crippen LogP contribution is 2.26. The van der Waals surface area contributed by atoms with Crippen LogP contribution in [0.1, 0.15) is 10.4 Å². The SMILES string of the molecule is COC(=O)c1cn(C)nc1-c1cccs1. The molecule has 0 spiro atoms. The summed E-state index contributed by atoms with van der Waals surface area (Å²) >= 11 is 1.55. The van der Waals surface area contributed by atoms with Crippen molar-refractivity contribution >= 4 is 17.3 Å². The molecule has 15 heavy (non-hydrogen) atoms. The van der Waals surface area contributed by atoms with Crippen LogP contribution in [0, 0.1) is 0 Å². The molecule has 0 aliphatic carbocycles. The van der Waals surface area contributed by atoms with Gasteiger partial charge in [0, 0.05) is 13.2 Å². The molecule has 78 valence electrons. The number of carbonyl (C=O) groups is 1. The van der Waals surface area contributed by atoms with Crippen LogP contribution in [0.25, 0.3) is 10.6 Å². The van der Waals surface area contributed by atoms with Crippen LogP contribution in [0.2, 0.25) is 0 Å². The molecule has 0 aromatic carbocycles. The number of aromatic nitrogens is 2. The van der Waals surface area contributed by atoms with Crippen LogP contribution < -0.4 is 0 Å². The molecule has 2 rings (SSSR count). The number of aryl methyl sites for hydroxylation is 1. The van der Waals surface area contributed by atoms with E-state index in [4.69, 9.17) is 4.74 Å². The van der Waals surface area contributed by atoms with E-state index >= 15 is 0 Å². The molecule has 2 heterocycles. The number of rotatable bonds is 2. The van der Waals surface area contributed by atoms with Gasteiger partial charge < -0.3 is 4.74 Å². The fourth-order valence-corrected chi connectivity index (χ4v) is 2.07. The summed E-state index contributed by atoms with van der Waals surface area (Å²) in [6.07, 6.45) is 1.67. The van der Waals surface area contributed by atoms with Crippen LogP contribution in [-0.2, 0) is 11.8 Å². The van der Waals surface area contributed by atoms with Crippen LogP contribution >= 0.6 is 11.3 Å². The van der Waals surface area contributed by atoms with Crippen LogP contribution in [0.4, 0.5) is 0 Å². The number of methoxy groups -OCH3 is 1. The molecule has 2 aromatic rings. The lowest BCUT2D eigenvalue weighted by molar-refractivity contribution is 0.0601. The second kappa shape index (κ2) is 3.86. The first-order valence-electron chi connectivity index (χ1n) is 4.38. The topological polar surface area (TPSA) is 44.1 Å². The molecule has 4 nitrogen and oxygen atoms in total. The minimum Gasteiger partial charge on any atom is -0.465 e. The van der Waals surface area contributed by atoms with E-state index in [2.05, 4.69) is 5.10 Å². The summed E-state index contributed by atoms with van der Waals surface area (Å²) in [4.78, 5) is 12.4. The van der Waals surface area contributed by atoms with E-state index in [1.54, 1.807) is 29.3 Å². The number of esters is 1. The van der Waals surface area contributed by atoms with Gasteiger partial charge in [0.05, 0.1) is 12.0 Å². The molecule has 0 bridgehead atoms. The van der Waals surface area contributed by atoms with E-state index in [9.17, 15) is 4.79 Å². The zero-order valence-electron chi connectivity index (χ0n) is 8.43. The average Bonchev–Trinajstić information content (AvgIpc) is 2.84. The third-order valence-corrected chi connectivity index (χ3v) is 2.87. The summed E-state index contributed by atoms with van der Waals surface area (Å²) in [7, 11) is 3.15. The predicted octanol–water partition coefficient (Wildman–Crippen LogP) is 1.94. The van der Waals surface area contributed by atoms with Gasteiger partial charge in [-0.2, -0.15) is 5.10 Å². The molecular weight excluding hydrogens is 212 g/mol. The second-order valence-corrected chi connectivity index (χ2v) is 3.98. The molecule has 5 heteroatoms. The van der Waals surface area contributed by atoms with Gasteiger partial charge in [0.25, 0.3) is 0 Å². The van der Waals surface area contributed by atoms with Crippen molar-refractivity contribution in [2.75, 3.05) is 7.11 Å². The van der Waals surface area contributed by atoms with Gasteiger partial charge in [-0.1, -0.05) is 6.07 Å². The maximum Gasteiger partial charge on any atom is 0.341 e. The maximum atomic E-state index is 11.5. The molecule has 2 aromatic heterocycles. The minimum absolute atomic E-state index is 0.355. The first kappa shape index (κ1) is 9.92. The first-order chi connectivity index (χ1) is 7.22. The lowest BCUT2D eigenvalue weighted by Gasteiger charge is -1.96. The molecule has 0 saturated heterocycles. The summed E-state index contributed by atoms with van der Waals surface area (Å²) in [5, 5.41) is 6.20. The molecule has 0 N–H and O–H groups in total. The fraction of sp³-hybridized carbons (Fsp3) is 0.200. The number of hydrogen-bond acceptors (Lipinski definition) is 4. The van der Waals surface area contributed by atoms with Crippen LogP contribution in [0.3, 0.4) is 0 Å². The predicted molar refractivity (Wildman–Crippen MR) is 57.9 cm³/mol. The van der Waals surface area contributed by atoms with Gasteiger partial charge in [-0.05, 0) is 11.4 Å². The molecule has 0 radical (unpaired) electrons. The third kappa shape index (κ3) is 1.78. The second-order valence-electron chi connectivity index (χ2n) is 3.03. The van der Waals surface area contributed by atoms with Gasteiger partial charge in [-0.3, -0.25) is 4.68 Å². The smallest absolute Gasteiger partial charge is 0.341 e. The summed E-state index contributed by atoms with van der Waals surface area (Å²) in [6.45, 7) is 0. The van der Waals surface area contributed by atoms with Crippen LogP contribution in [0.15, 0.2) is 23.7 Å². The Morgan fingerprint density at radius 2 is 2.40 bits per heavy atom. The Kier molecular flexibility index (Phi) is 2.55. The van der Waals surface area contributed by atoms with Crippen molar-refractivity contribution in [1.29, 1.82) is 0 Å². The highest BCUT2D eigenvalue weighted by atomic mass is 32.1. The fourth-order valence-electron chi connectivity index (χ4n) is 1.34. The molecule has 0 saturated carbocycles. The van der Waals surface area contributed by atoms with Gasteiger partial charge in [-0.15, -0.1) is 11.3 Å². The Morgan fingerprint density at radius 3 is 3.00 bits per heavy atom. The first-order valence-corrected chi connectivity index (χ1v) is 5.26. The summed E-state index contributed by atoms with van der Waals surface area (Å²) < 4.78 is 6.31. The molecule has 0 amide bonds. The minimum atomic E-state index is -0.355. The summed E-state index contributed by atoms with van der Waals surface area (Å²) in [5.74, 6) is -0.355. The molecule has 0 atom stereocenters. The van der Waals surface area contributed by atoms with Gasteiger partial charge in [0.2, 0.25) is 0 Å². The zero-order valence-corrected chi connectivity index (χ0v) is 9.25. The number of nitrogens with zero attached hydrogens (tertiary/aromatic N) is 2. The molecule has 0 aliphatic heterocycles. The summed E-state index contributed by atoms with van der Waals surface area (Å²) in [5.41, 5.74) is 1.18. The van der Waals surface area contributed by atoms with Crippen molar-refractivity contribution in [3.05, 3.63) is 29.3 Å². The third-order valence-electron chi connectivity index (χ3n) is 1.99. The van der Waals surface area contributed by atoms with Gasteiger partial charge in [0.15, 0.2) is 0 Å². The van der Waals surface area contributed by atoms with Crippen LogP contribution in [0.5, 0.6) is 0 Å². The van der Waals surface area contributed by atoms with E-state index in [0.717, 1.165) is 4.88 Å². The highest BCUT2D eigenvalue weighted by Gasteiger charge is 2.17. The Bertz CT molecular complexity index is 474.